The first kappa shape index (κ1) is 17.3. The molecule has 7 nitrogen and oxygen atoms in total. The van der Waals surface area contributed by atoms with E-state index in [-0.39, 0.29) is 11.4 Å². The predicted molar refractivity (Wildman–Crippen MR) is 77.7 cm³/mol. The minimum absolute atomic E-state index is 0.104. The van der Waals surface area contributed by atoms with Crippen LogP contribution in [0.4, 0.5) is 4.39 Å². The van der Waals surface area contributed by atoms with Gasteiger partial charge in [-0.2, -0.15) is 12.7 Å². The fourth-order valence-corrected chi connectivity index (χ4v) is 3.74. The number of hydroxylamine groups is 1. The topological polar surface area (TPSA) is 92.8 Å². The molecular weight excluding hydrogens is 335 g/mol. The number of nitrogens with zero attached hydrogens (tertiary/aromatic N) is 1. The van der Waals surface area contributed by atoms with E-state index in [4.69, 9.17) is 4.28 Å². The second kappa shape index (κ2) is 6.20. The van der Waals surface area contributed by atoms with E-state index < -0.39 is 38.9 Å². The zero-order valence-electron chi connectivity index (χ0n) is 12.1. The van der Waals surface area contributed by atoms with Crippen LogP contribution in [0.1, 0.15) is 5.56 Å². The van der Waals surface area contributed by atoms with Crippen LogP contribution in [0.5, 0.6) is 0 Å². The molecule has 2 atom stereocenters. The van der Waals surface area contributed by atoms with Gasteiger partial charge in [0.1, 0.15) is 6.17 Å². The Labute approximate surface area is 129 Å². The molecule has 0 amide bonds. The minimum Gasteiger partial charge on any atom is -0.307 e. The van der Waals surface area contributed by atoms with Crippen molar-refractivity contribution in [3.8, 4) is 0 Å². The van der Waals surface area contributed by atoms with Gasteiger partial charge in [-0.25, -0.2) is 12.8 Å². The summed E-state index contributed by atoms with van der Waals surface area (Å²) in [5, 5.41) is 2.67. The van der Waals surface area contributed by atoms with Crippen molar-refractivity contribution in [1.82, 2.24) is 9.79 Å². The lowest BCUT2D eigenvalue weighted by atomic mass is 10.1. The molecular formula is C12H17FN2O5S2. The number of sulfonamides is 1. The second-order valence-corrected chi connectivity index (χ2v) is 8.52. The molecule has 1 aromatic carbocycles. The largest absolute Gasteiger partial charge is 0.314 e. The zero-order valence-corrected chi connectivity index (χ0v) is 13.7. The predicted octanol–water partition coefficient (Wildman–Crippen LogP) is 0.187. The van der Waals surface area contributed by atoms with Crippen LogP contribution in [-0.4, -0.2) is 52.9 Å². The standard InChI is InChI=1S/C12H17FN2O5S2/c1-9-3-5-10(6-4-9)22(18,19)20-15(21(2,16)17)8-12-11(13)7-14-12/h3-6,11-12,14H,7-8H2,1-2H3/t11-,12-/m1/s1. The molecule has 10 heteroatoms. The van der Waals surface area contributed by atoms with Crippen molar-refractivity contribution < 1.29 is 25.5 Å². The summed E-state index contributed by atoms with van der Waals surface area (Å²) in [6.07, 6.45) is -0.446. The van der Waals surface area contributed by atoms with Crippen LogP contribution in [0.3, 0.4) is 0 Å². The van der Waals surface area contributed by atoms with Crippen LogP contribution in [0, 0.1) is 6.92 Å². The Hall–Kier alpha value is -1.07. The summed E-state index contributed by atoms with van der Waals surface area (Å²) in [6, 6.07) is 4.95. The minimum atomic E-state index is -4.31. The lowest BCUT2D eigenvalue weighted by molar-refractivity contribution is 0.00947. The van der Waals surface area contributed by atoms with Crippen molar-refractivity contribution in [2.24, 2.45) is 0 Å². The van der Waals surface area contributed by atoms with Gasteiger partial charge in [-0.1, -0.05) is 22.2 Å². The van der Waals surface area contributed by atoms with Crippen molar-refractivity contribution in [2.75, 3.05) is 19.3 Å². The lowest BCUT2D eigenvalue weighted by Gasteiger charge is -2.34. The Kier molecular flexibility index (Phi) is 4.87. The molecule has 0 aliphatic carbocycles. The molecule has 124 valence electrons. The Bertz CT molecular complexity index is 733. The maximum absolute atomic E-state index is 13.2. The SMILES string of the molecule is Cc1ccc(S(=O)(=O)ON(C[C@H]2NC[C@H]2F)S(C)(=O)=O)cc1. The highest BCUT2D eigenvalue weighted by molar-refractivity contribution is 7.90. The van der Waals surface area contributed by atoms with Gasteiger partial charge in [-0.3, -0.25) is 0 Å². The number of halogens is 1. The van der Waals surface area contributed by atoms with Gasteiger partial charge < -0.3 is 5.32 Å². The third kappa shape index (κ3) is 4.02. The number of hydrogen-bond donors (Lipinski definition) is 1. The maximum Gasteiger partial charge on any atom is 0.314 e. The summed E-state index contributed by atoms with van der Waals surface area (Å²) in [4.78, 5) is -0.176. The molecule has 22 heavy (non-hydrogen) atoms. The third-order valence-electron chi connectivity index (χ3n) is 3.22. The van der Waals surface area contributed by atoms with Crippen molar-refractivity contribution >= 4 is 20.1 Å². The molecule has 0 bridgehead atoms. The number of rotatable bonds is 6. The first-order valence-corrected chi connectivity index (χ1v) is 9.72. The van der Waals surface area contributed by atoms with Crippen LogP contribution in [0.15, 0.2) is 29.2 Å². The molecule has 0 radical (unpaired) electrons. The molecule has 1 aromatic rings. The van der Waals surface area contributed by atoms with E-state index in [2.05, 4.69) is 5.32 Å². The fraction of sp³-hybridized carbons (Fsp3) is 0.500. The van der Waals surface area contributed by atoms with Gasteiger partial charge in [0.2, 0.25) is 10.0 Å². The molecule has 1 N–H and O–H groups in total. The van der Waals surface area contributed by atoms with E-state index in [1.54, 1.807) is 19.1 Å². The van der Waals surface area contributed by atoms with Crippen molar-refractivity contribution in [1.29, 1.82) is 0 Å². The van der Waals surface area contributed by atoms with Gasteiger partial charge in [0.15, 0.2) is 0 Å². The molecule has 1 heterocycles. The highest BCUT2D eigenvalue weighted by atomic mass is 32.2. The molecule has 1 saturated heterocycles. The van der Waals surface area contributed by atoms with Crippen molar-refractivity contribution in [3.05, 3.63) is 29.8 Å². The molecule has 1 aliphatic rings. The van der Waals surface area contributed by atoms with E-state index in [1.165, 1.54) is 12.1 Å². The van der Waals surface area contributed by atoms with E-state index in [9.17, 15) is 21.2 Å². The van der Waals surface area contributed by atoms with E-state index in [1.807, 2.05) is 0 Å². The first-order chi connectivity index (χ1) is 10.1. The normalized spacial score (nSPS) is 22.5. The summed E-state index contributed by atoms with van der Waals surface area (Å²) >= 11 is 0. The van der Waals surface area contributed by atoms with E-state index in [0.29, 0.717) is 4.47 Å². The Balaban J connectivity index is 2.20. The highest BCUT2D eigenvalue weighted by Gasteiger charge is 2.36. The zero-order chi connectivity index (χ0) is 16.5. The monoisotopic (exact) mass is 352 g/mol. The summed E-state index contributed by atoms with van der Waals surface area (Å²) in [5.41, 5.74) is 0.845. The summed E-state index contributed by atoms with van der Waals surface area (Å²) in [5.74, 6) is 0. The van der Waals surface area contributed by atoms with Gasteiger partial charge in [-0.15, -0.1) is 0 Å². The molecule has 1 aliphatic heterocycles. The molecule has 0 saturated carbocycles. The first-order valence-electron chi connectivity index (χ1n) is 6.46. The smallest absolute Gasteiger partial charge is 0.307 e. The molecule has 1 fully saturated rings. The van der Waals surface area contributed by atoms with Gasteiger partial charge in [-0.05, 0) is 19.1 Å². The quantitative estimate of drug-likeness (QED) is 0.735. The number of nitrogens with one attached hydrogen (secondary N) is 1. The number of alkyl halides is 1. The number of benzene rings is 1. The number of aryl methyl sites for hydroxylation is 1. The van der Waals surface area contributed by atoms with Crippen LogP contribution in [-0.2, 0) is 24.4 Å². The van der Waals surface area contributed by atoms with Gasteiger partial charge in [0.05, 0.1) is 23.7 Å². The van der Waals surface area contributed by atoms with Crippen LogP contribution in [0.25, 0.3) is 0 Å². The molecule has 0 aromatic heterocycles. The molecule has 0 unspecified atom stereocenters. The Morgan fingerprint density at radius 3 is 2.27 bits per heavy atom. The average Bonchev–Trinajstić information content (AvgIpc) is 2.40. The second-order valence-electron chi connectivity index (χ2n) is 5.12. The molecule has 0 spiro atoms. The average molecular weight is 352 g/mol. The van der Waals surface area contributed by atoms with Crippen molar-refractivity contribution in [3.63, 3.8) is 0 Å². The van der Waals surface area contributed by atoms with Gasteiger partial charge in [0.25, 0.3) is 0 Å². The summed E-state index contributed by atoms with van der Waals surface area (Å²) in [7, 11) is -8.29. The highest BCUT2D eigenvalue weighted by Crippen LogP contribution is 2.19. The Morgan fingerprint density at radius 2 is 1.86 bits per heavy atom. The maximum atomic E-state index is 13.2. The summed E-state index contributed by atoms with van der Waals surface area (Å²) in [6.45, 7) is 1.46. The molecule has 2 rings (SSSR count). The van der Waals surface area contributed by atoms with E-state index in [0.717, 1.165) is 11.8 Å². The summed E-state index contributed by atoms with van der Waals surface area (Å²) < 4.78 is 65.8. The third-order valence-corrected chi connectivity index (χ3v) is 5.50. The van der Waals surface area contributed by atoms with Crippen molar-refractivity contribution in [2.45, 2.75) is 24.0 Å². The van der Waals surface area contributed by atoms with E-state index >= 15 is 0 Å². The fourth-order valence-electron chi connectivity index (χ4n) is 1.79. The lowest BCUT2D eigenvalue weighted by Crippen LogP contribution is -2.60. The van der Waals surface area contributed by atoms with Crippen LogP contribution in [0.2, 0.25) is 0 Å². The van der Waals surface area contributed by atoms with Gasteiger partial charge >= 0.3 is 10.1 Å². The Morgan fingerprint density at radius 1 is 1.27 bits per heavy atom. The van der Waals surface area contributed by atoms with Crippen LogP contribution < -0.4 is 5.32 Å². The number of hydrogen-bond acceptors (Lipinski definition) is 6. The van der Waals surface area contributed by atoms with Gasteiger partial charge in [0, 0.05) is 6.54 Å². The van der Waals surface area contributed by atoms with Crippen LogP contribution >= 0.6 is 0 Å².